The summed E-state index contributed by atoms with van der Waals surface area (Å²) >= 11 is 0. The fourth-order valence-corrected chi connectivity index (χ4v) is 4.31. The van der Waals surface area contributed by atoms with Crippen molar-refractivity contribution < 1.29 is 4.79 Å². The molecule has 1 fully saturated rings. The van der Waals surface area contributed by atoms with Crippen LogP contribution in [0.15, 0.2) is 79.3 Å². The number of hydrogen-bond donors (Lipinski definition) is 1. The zero-order valence-electron chi connectivity index (χ0n) is 18.4. The first-order valence-corrected chi connectivity index (χ1v) is 11.1. The highest BCUT2D eigenvalue weighted by Crippen LogP contribution is 2.25. The Morgan fingerprint density at radius 3 is 2.55 bits per heavy atom. The largest absolute Gasteiger partial charge is 0.349 e. The Morgan fingerprint density at radius 1 is 0.970 bits per heavy atom. The van der Waals surface area contributed by atoms with Crippen molar-refractivity contribution in [3.8, 4) is 16.9 Å². The highest BCUT2D eigenvalue weighted by atomic mass is 16.2. The van der Waals surface area contributed by atoms with Crippen molar-refractivity contribution >= 4 is 11.9 Å². The number of carbonyl (C=O) groups excluding carboxylic acids is 1. The molecule has 1 aliphatic rings. The van der Waals surface area contributed by atoms with Gasteiger partial charge in [-0.15, -0.1) is 0 Å². The number of anilines is 1. The first-order valence-electron chi connectivity index (χ1n) is 11.1. The normalized spacial score (nSPS) is 18.2. The monoisotopic (exact) mass is 439 g/mol. The van der Waals surface area contributed by atoms with Crippen LogP contribution in [0.5, 0.6) is 0 Å². The van der Waals surface area contributed by atoms with E-state index >= 15 is 0 Å². The number of nitrogens with one attached hydrogen (secondary N) is 1. The minimum atomic E-state index is -0.0335. The lowest BCUT2D eigenvalue weighted by Crippen LogP contribution is -2.52. The quantitative estimate of drug-likeness (QED) is 0.508. The second-order valence-electron chi connectivity index (χ2n) is 8.10. The van der Waals surface area contributed by atoms with Gasteiger partial charge in [0.25, 0.3) is 5.91 Å². The molecule has 3 heterocycles. The molecule has 0 aliphatic carbocycles. The summed E-state index contributed by atoms with van der Waals surface area (Å²) in [5.74, 6) is 0.546. The van der Waals surface area contributed by atoms with Crippen LogP contribution >= 0.6 is 0 Å². The van der Waals surface area contributed by atoms with Crippen LogP contribution < -0.4 is 5.32 Å². The molecule has 8 nitrogen and oxygen atoms in total. The maximum absolute atomic E-state index is 13.6. The molecular formula is C25H25N7O. The molecule has 0 spiro atoms. The Balaban J connectivity index is 1.36. The van der Waals surface area contributed by atoms with Gasteiger partial charge in [0.1, 0.15) is 0 Å². The Labute approximate surface area is 192 Å². The van der Waals surface area contributed by atoms with E-state index in [1.165, 1.54) is 4.80 Å². The van der Waals surface area contributed by atoms with Gasteiger partial charge in [0.2, 0.25) is 5.95 Å². The lowest BCUT2D eigenvalue weighted by atomic mass is 9.96. The minimum absolute atomic E-state index is 0.0270. The van der Waals surface area contributed by atoms with E-state index in [1.807, 2.05) is 65.6 Å². The maximum atomic E-state index is 13.6. The van der Waals surface area contributed by atoms with Gasteiger partial charge in [-0.25, -0.2) is 9.97 Å². The number of rotatable bonds is 5. The SMILES string of the molecule is C[C@@H]1[C@@H](Nc2nccc(-c3ccccc3)n2)CCCN1C(=O)c1ccccc1-n1nccn1. The molecule has 2 atom stereocenters. The van der Waals surface area contributed by atoms with Crippen LogP contribution in [0, 0.1) is 0 Å². The highest BCUT2D eigenvalue weighted by molar-refractivity contribution is 5.98. The molecule has 0 saturated carbocycles. The molecule has 0 bridgehead atoms. The third-order valence-corrected chi connectivity index (χ3v) is 6.06. The van der Waals surface area contributed by atoms with Gasteiger partial charge in [-0.05, 0) is 38.0 Å². The first kappa shape index (κ1) is 20.8. The Kier molecular flexibility index (Phi) is 5.80. The van der Waals surface area contributed by atoms with Crippen molar-refractivity contribution in [1.29, 1.82) is 0 Å². The first-order chi connectivity index (χ1) is 16.2. The number of piperidine rings is 1. The maximum Gasteiger partial charge on any atom is 0.256 e. The lowest BCUT2D eigenvalue weighted by molar-refractivity contribution is 0.0616. The van der Waals surface area contributed by atoms with Crippen molar-refractivity contribution in [2.45, 2.75) is 31.8 Å². The molecule has 1 saturated heterocycles. The van der Waals surface area contributed by atoms with E-state index in [4.69, 9.17) is 4.98 Å². The molecule has 0 radical (unpaired) electrons. The second-order valence-corrected chi connectivity index (χ2v) is 8.10. The standard InChI is InChI=1S/C25H25N7O/c1-18-21(29-25-26-14-13-22(30-25)19-8-3-2-4-9-19)11-7-17-31(18)24(33)20-10-5-6-12-23(20)32-27-15-16-28-32/h2-6,8-10,12-16,18,21H,7,11,17H2,1H3,(H,26,29,30)/t18-,21+/m1/s1. The van der Waals surface area contributed by atoms with E-state index in [2.05, 4.69) is 27.4 Å². The Bertz CT molecular complexity index is 1230. The average Bonchev–Trinajstić information content (AvgIpc) is 3.41. The van der Waals surface area contributed by atoms with Gasteiger partial charge >= 0.3 is 0 Å². The Hall–Kier alpha value is -4.07. The molecule has 166 valence electrons. The summed E-state index contributed by atoms with van der Waals surface area (Å²) in [6, 6.07) is 19.4. The highest BCUT2D eigenvalue weighted by Gasteiger charge is 2.33. The van der Waals surface area contributed by atoms with Crippen LogP contribution in [0.2, 0.25) is 0 Å². The number of benzene rings is 2. The number of likely N-dealkylation sites (tertiary alicyclic amines) is 1. The van der Waals surface area contributed by atoms with Gasteiger partial charge in [0.05, 0.1) is 29.3 Å². The lowest BCUT2D eigenvalue weighted by Gasteiger charge is -2.40. The number of aromatic nitrogens is 5. The fraction of sp³-hybridized carbons (Fsp3) is 0.240. The van der Waals surface area contributed by atoms with Gasteiger partial charge < -0.3 is 10.2 Å². The number of amides is 1. The molecule has 5 rings (SSSR count). The Morgan fingerprint density at radius 2 is 1.73 bits per heavy atom. The fourth-order valence-electron chi connectivity index (χ4n) is 4.31. The predicted molar refractivity (Wildman–Crippen MR) is 126 cm³/mol. The van der Waals surface area contributed by atoms with Gasteiger partial charge in [-0.1, -0.05) is 42.5 Å². The summed E-state index contributed by atoms with van der Waals surface area (Å²) in [5.41, 5.74) is 3.17. The summed E-state index contributed by atoms with van der Waals surface area (Å²) in [5, 5.41) is 11.9. The summed E-state index contributed by atoms with van der Waals surface area (Å²) < 4.78 is 0. The van der Waals surface area contributed by atoms with Crippen molar-refractivity contribution in [1.82, 2.24) is 29.9 Å². The molecule has 2 aromatic carbocycles. The van der Waals surface area contributed by atoms with Gasteiger partial charge in [-0.2, -0.15) is 15.0 Å². The summed E-state index contributed by atoms with van der Waals surface area (Å²) in [6.45, 7) is 2.77. The molecule has 8 heteroatoms. The smallest absolute Gasteiger partial charge is 0.256 e. The molecule has 33 heavy (non-hydrogen) atoms. The van der Waals surface area contributed by atoms with Crippen molar-refractivity contribution in [3.05, 3.63) is 84.8 Å². The van der Waals surface area contributed by atoms with Crippen LogP contribution in [0.25, 0.3) is 16.9 Å². The van der Waals surface area contributed by atoms with Gasteiger partial charge in [0.15, 0.2) is 0 Å². The van der Waals surface area contributed by atoms with E-state index in [1.54, 1.807) is 18.6 Å². The van der Waals surface area contributed by atoms with Crippen LogP contribution in [-0.2, 0) is 0 Å². The number of hydrogen-bond acceptors (Lipinski definition) is 6. The van der Waals surface area contributed by atoms with Gasteiger partial charge in [0, 0.05) is 30.4 Å². The molecule has 1 amide bonds. The zero-order valence-corrected chi connectivity index (χ0v) is 18.4. The average molecular weight is 440 g/mol. The molecule has 4 aromatic rings. The van der Waals surface area contributed by atoms with Crippen LogP contribution in [0.4, 0.5) is 5.95 Å². The van der Waals surface area contributed by atoms with Gasteiger partial charge in [-0.3, -0.25) is 4.79 Å². The van der Waals surface area contributed by atoms with Crippen LogP contribution in [-0.4, -0.2) is 54.4 Å². The summed E-state index contributed by atoms with van der Waals surface area (Å²) in [6.07, 6.45) is 6.81. The molecule has 2 aromatic heterocycles. The van der Waals surface area contributed by atoms with E-state index in [9.17, 15) is 4.79 Å². The molecule has 0 unspecified atom stereocenters. The van der Waals surface area contributed by atoms with Crippen molar-refractivity contribution in [2.24, 2.45) is 0 Å². The van der Waals surface area contributed by atoms with E-state index in [-0.39, 0.29) is 18.0 Å². The van der Waals surface area contributed by atoms with E-state index < -0.39 is 0 Å². The number of carbonyl (C=O) groups is 1. The summed E-state index contributed by atoms with van der Waals surface area (Å²) in [4.78, 5) is 26.1. The minimum Gasteiger partial charge on any atom is -0.349 e. The third-order valence-electron chi connectivity index (χ3n) is 6.06. The summed E-state index contributed by atoms with van der Waals surface area (Å²) in [7, 11) is 0. The zero-order chi connectivity index (χ0) is 22.6. The molecular weight excluding hydrogens is 414 g/mol. The predicted octanol–water partition coefficient (Wildman–Crippen LogP) is 3.83. The van der Waals surface area contributed by atoms with E-state index in [0.29, 0.717) is 23.7 Å². The third kappa shape index (κ3) is 4.32. The van der Waals surface area contributed by atoms with Crippen molar-refractivity contribution in [3.63, 3.8) is 0 Å². The van der Waals surface area contributed by atoms with Crippen LogP contribution in [0.3, 0.4) is 0 Å². The van der Waals surface area contributed by atoms with Crippen molar-refractivity contribution in [2.75, 3.05) is 11.9 Å². The molecule has 1 aliphatic heterocycles. The molecule has 1 N–H and O–H groups in total. The second kappa shape index (κ2) is 9.20. The number of para-hydroxylation sites is 1. The van der Waals surface area contributed by atoms with E-state index in [0.717, 1.165) is 24.1 Å². The number of nitrogens with zero attached hydrogens (tertiary/aromatic N) is 6. The topological polar surface area (TPSA) is 88.8 Å². The van der Waals surface area contributed by atoms with Crippen LogP contribution in [0.1, 0.15) is 30.1 Å².